The predicted octanol–water partition coefficient (Wildman–Crippen LogP) is 0.636. The van der Waals surface area contributed by atoms with Gasteiger partial charge in [-0.1, -0.05) is 11.6 Å². The van der Waals surface area contributed by atoms with Crippen LogP contribution in [-0.4, -0.2) is 12.2 Å². The molecule has 19 heavy (non-hydrogen) atoms. The molecule has 0 aliphatic rings. The van der Waals surface area contributed by atoms with Crippen LogP contribution in [0.25, 0.3) is 11.0 Å². The Morgan fingerprint density at radius 1 is 1.37 bits per heavy atom. The van der Waals surface area contributed by atoms with Gasteiger partial charge in [0.15, 0.2) is 0 Å². The number of guanidine groups is 1. The minimum atomic E-state index is -0.365. The largest absolute Gasteiger partial charge is 0.440 e. The van der Waals surface area contributed by atoms with E-state index < -0.39 is 0 Å². The second-order valence-corrected chi connectivity index (χ2v) is 4.06. The fourth-order valence-corrected chi connectivity index (χ4v) is 1.65. The molecule has 0 radical (unpaired) electrons. The second-order valence-electron chi connectivity index (χ2n) is 3.62. The molecule has 0 spiro atoms. The molecule has 0 saturated carbocycles. The first-order valence-electron chi connectivity index (χ1n) is 5.13. The van der Waals surface area contributed by atoms with E-state index in [-0.39, 0.29) is 22.8 Å². The van der Waals surface area contributed by atoms with Crippen LogP contribution < -0.4 is 22.6 Å². The van der Waals surface area contributed by atoms with E-state index in [1.54, 1.807) is 12.1 Å². The first-order valence-corrected chi connectivity index (χ1v) is 5.50. The van der Waals surface area contributed by atoms with E-state index >= 15 is 0 Å². The van der Waals surface area contributed by atoms with Crippen LogP contribution >= 0.6 is 11.6 Å². The molecule has 0 amide bonds. The number of halogens is 1. The molecular formula is C11H10ClN5O2. The van der Waals surface area contributed by atoms with Gasteiger partial charge in [0.2, 0.25) is 17.3 Å². The minimum absolute atomic E-state index is 0.0553. The van der Waals surface area contributed by atoms with E-state index in [9.17, 15) is 4.79 Å². The molecular weight excluding hydrogens is 270 g/mol. The Morgan fingerprint density at radius 3 is 2.79 bits per heavy atom. The predicted molar refractivity (Wildman–Crippen MR) is 75.3 cm³/mol. The summed E-state index contributed by atoms with van der Waals surface area (Å²) in [6, 6.07) is 4.64. The molecule has 0 atom stereocenters. The van der Waals surface area contributed by atoms with Gasteiger partial charge in [-0.25, -0.2) is 0 Å². The monoisotopic (exact) mass is 279 g/mol. The number of nitrogen functional groups attached to an aromatic ring is 1. The zero-order valence-corrected chi connectivity index (χ0v) is 10.4. The van der Waals surface area contributed by atoms with Crippen LogP contribution in [0.4, 0.5) is 5.88 Å². The molecule has 0 fully saturated rings. The van der Waals surface area contributed by atoms with Crippen molar-refractivity contribution in [3.05, 3.63) is 39.0 Å². The molecule has 6 N–H and O–H groups in total. The van der Waals surface area contributed by atoms with Crippen LogP contribution in [0.1, 0.15) is 5.56 Å². The zero-order valence-electron chi connectivity index (χ0n) is 9.63. The molecule has 1 aromatic carbocycles. The molecule has 8 heteroatoms. The van der Waals surface area contributed by atoms with E-state index in [4.69, 9.17) is 33.2 Å². The summed E-state index contributed by atoms with van der Waals surface area (Å²) in [5, 5.41) is 7.62. The molecule has 7 nitrogen and oxygen atoms in total. The van der Waals surface area contributed by atoms with Gasteiger partial charge in [0.25, 0.3) is 0 Å². The Balaban J connectivity index is 2.65. The van der Waals surface area contributed by atoms with Crippen LogP contribution in [0, 0.1) is 0 Å². The third-order valence-electron chi connectivity index (χ3n) is 2.28. The Bertz CT molecular complexity index is 747. The van der Waals surface area contributed by atoms with Crippen molar-refractivity contribution in [3.63, 3.8) is 0 Å². The number of fused-ring (bicyclic) bond motifs is 1. The van der Waals surface area contributed by atoms with E-state index in [2.05, 4.69) is 10.2 Å². The van der Waals surface area contributed by atoms with Gasteiger partial charge in [0, 0.05) is 5.02 Å². The zero-order chi connectivity index (χ0) is 14.0. The van der Waals surface area contributed by atoms with Crippen molar-refractivity contribution < 1.29 is 4.42 Å². The SMILES string of the molecule is NC(N)=N/N=C/c1c(N)oc2ccc(Cl)cc2c1=O. The summed E-state index contributed by atoms with van der Waals surface area (Å²) < 4.78 is 5.30. The number of nitrogens with two attached hydrogens (primary N) is 3. The molecule has 0 unspecified atom stereocenters. The van der Waals surface area contributed by atoms with E-state index in [0.717, 1.165) is 6.21 Å². The van der Waals surface area contributed by atoms with Gasteiger partial charge < -0.3 is 21.6 Å². The average molecular weight is 280 g/mol. The van der Waals surface area contributed by atoms with Crippen molar-refractivity contribution in [2.75, 3.05) is 5.73 Å². The van der Waals surface area contributed by atoms with Crippen molar-refractivity contribution in [1.82, 2.24) is 0 Å². The van der Waals surface area contributed by atoms with Crippen LogP contribution in [-0.2, 0) is 0 Å². The first kappa shape index (κ1) is 12.9. The lowest BCUT2D eigenvalue weighted by molar-refractivity contribution is 0.624. The lowest BCUT2D eigenvalue weighted by Crippen LogP contribution is -2.22. The fraction of sp³-hybridized carbons (Fsp3) is 0. The van der Waals surface area contributed by atoms with Crippen molar-refractivity contribution in [3.8, 4) is 0 Å². The van der Waals surface area contributed by atoms with Gasteiger partial charge in [-0.05, 0) is 18.2 Å². The molecule has 1 aromatic heterocycles. The summed E-state index contributed by atoms with van der Waals surface area (Å²) in [5.41, 5.74) is 15.9. The summed E-state index contributed by atoms with van der Waals surface area (Å²) in [6.45, 7) is 0. The number of hydrogen-bond donors (Lipinski definition) is 3. The van der Waals surface area contributed by atoms with Gasteiger partial charge in [0.1, 0.15) is 11.1 Å². The maximum atomic E-state index is 12.2. The highest BCUT2D eigenvalue weighted by molar-refractivity contribution is 6.31. The van der Waals surface area contributed by atoms with E-state index in [1.807, 2.05) is 0 Å². The van der Waals surface area contributed by atoms with E-state index in [0.29, 0.717) is 16.0 Å². The third kappa shape index (κ3) is 2.66. The molecule has 2 rings (SSSR count). The van der Waals surface area contributed by atoms with Gasteiger partial charge in [-0.15, -0.1) is 5.10 Å². The van der Waals surface area contributed by atoms with Crippen LogP contribution in [0.3, 0.4) is 0 Å². The third-order valence-corrected chi connectivity index (χ3v) is 2.51. The average Bonchev–Trinajstić information content (AvgIpc) is 2.34. The number of nitrogens with zero attached hydrogens (tertiary/aromatic N) is 2. The highest BCUT2D eigenvalue weighted by atomic mass is 35.5. The number of benzene rings is 1. The highest BCUT2D eigenvalue weighted by Crippen LogP contribution is 2.20. The molecule has 98 valence electrons. The summed E-state index contributed by atoms with van der Waals surface area (Å²) in [7, 11) is 0. The van der Waals surface area contributed by atoms with Crippen molar-refractivity contribution in [2.24, 2.45) is 21.7 Å². The molecule has 1 heterocycles. The normalized spacial score (nSPS) is 11.0. The van der Waals surface area contributed by atoms with Crippen molar-refractivity contribution in [1.29, 1.82) is 0 Å². The molecule has 0 aliphatic carbocycles. The maximum absolute atomic E-state index is 12.2. The Kier molecular flexibility index (Phi) is 3.39. The van der Waals surface area contributed by atoms with Crippen LogP contribution in [0.2, 0.25) is 5.02 Å². The maximum Gasteiger partial charge on any atom is 0.211 e. The standard InChI is InChI=1S/C11H10ClN5O2/c12-5-1-2-8-6(3-5)9(18)7(10(13)19-8)4-16-17-11(14)15/h1-4H,13H2,(H4,14,15,17)/b16-4+. The van der Waals surface area contributed by atoms with Crippen molar-refractivity contribution in [2.45, 2.75) is 0 Å². The first-order chi connectivity index (χ1) is 8.99. The molecule has 0 saturated heterocycles. The summed E-state index contributed by atoms with van der Waals surface area (Å²) in [6.07, 6.45) is 1.13. The summed E-state index contributed by atoms with van der Waals surface area (Å²) in [4.78, 5) is 12.2. The molecule has 0 bridgehead atoms. The van der Waals surface area contributed by atoms with E-state index in [1.165, 1.54) is 6.07 Å². The van der Waals surface area contributed by atoms with Crippen LogP contribution in [0.15, 0.2) is 37.6 Å². The Hall–Kier alpha value is -2.54. The number of hydrogen-bond acceptors (Lipinski definition) is 5. The summed E-state index contributed by atoms with van der Waals surface area (Å²) in [5.74, 6) is -0.308. The molecule has 0 aliphatic heterocycles. The van der Waals surface area contributed by atoms with Gasteiger partial charge in [-0.2, -0.15) is 5.10 Å². The van der Waals surface area contributed by atoms with Gasteiger partial charge in [0.05, 0.1) is 11.6 Å². The van der Waals surface area contributed by atoms with Gasteiger partial charge in [-0.3, -0.25) is 4.79 Å². The quantitative estimate of drug-likeness (QED) is 0.421. The number of rotatable bonds is 2. The topological polar surface area (TPSA) is 133 Å². The molecule has 2 aromatic rings. The lowest BCUT2D eigenvalue weighted by Gasteiger charge is -2.02. The number of anilines is 1. The van der Waals surface area contributed by atoms with Crippen LogP contribution in [0.5, 0.6) is 0 Å². The Morgan fingerprint density at radius 2 is 2.11 bits per heavy atom. The minimum Gasteiger partial charge on any atom is -0.440 e. The van der Waals surface area contributed by atoms with Crippen molar-refractivity contribution >= 4 is 40.6 Å². The lowest BCUT2D eigenvalue weighted by atomic mass is 10.1. The smallest absolute Gasteiger partial charge is 0.211 e. The summed E-state index contributed by atoms with van der Waals surface area (Å²) >= 11 is 5.83. The second kappa shape index (κ2) is 4.99. The fourth-order valence-electron chi connectivity index (χ4n) is 1.47. The highest BCUT2D eigenvalue weighted by Gasteiger charge is 2.10. The van der Waals surface area contributed by atoms with Gasteiger partial charge >= 0.3 is 0 Å². The Labute approximate surface area is 112 Å².